The van der Waals surface area contributed by atoms with Gasteiger partial charge in [0.1, 0.15) is 9.77 Å². The summed E-state index contributed by atoms with van der Waals surface area (Å²) in [6.45, 7) is 12.7. The topological polar surface area (TPSA) is 121 Å². The molecule has 4 rings (SSSR count). The standard InChI is InChI=1S/C23H38N6O4S3/c1-15(2)13-35(30,31)27-9-8-18-20(12-27)29(26-21(18)16(3)4)14-23(5,6)36(32,33)28-10-7-17-19(11-28)24-25-22(17)34/h15-16H,7-14H2,1-6H3,(H2,24,25,34). The lowest BCUT2D eigenvalue weighted by molar-refractivity contribution is 0.344. The number of nitrogens with one attached hydrogen (secondary N) is 1. The van der Waals surface area contributed by atoms with E-state index in [2.05, 4.69) is 36.7 Å². The summed E-state index contributed by atoms with van der Waals surface area (Å²) < 4.78 is 57.2. The number of rotatable bonds is 8. The molecule has 4 heterocycles. The van der Waals surface area contributed by atoms with E-state index in [0.29, 0.717) is 31.0 Å². The molecule has 2 aromatic rings. The first kappa shape index (κ1) is 27.6. The van der Waals surface area contributed by atoms with Crippen molar-refractivity contribution < 1.29 is 16.8 Å². The van der Waals surface area contributed by atoms with Gasteiger partial charge in [0, 0.05) is 18.7 Å². The molecule has 0 aromatic carbocycles. The predicted molar refractivity (Wildman–Crippen MR) is 142 cm³/mol. The Balaban J connectivity index is 1.64. The monoisotopic (exact) mass is 558 g/mol. The number of sulfonamides is 2. The molecule has 0 amide bonds. The van der Waals surface area contributed by atoms with Crippen LogP contribution in [0.1, 0.15) is 75.7 Å². The Labute approximate surface area is 220 Å². The molecule has 0 atom stereocenters. The van der Waals surface area contributed by atoms with Gasteiger partial charge in [-0.2, -0.15) is 18.8 Å². The van der Waals surface area contributed by atoms with Crippen LogP contribution in [-0.2, 0) is 52.5 Å². The van der Waals surface area contributed by atoms with Crippen molar-refractivity contribution in [3.05, 3.63) is 28.2 Å². The first-order valence-electron chi connectivity index (χ1n) is 12.4. The number of hydrogen-bond acceptors (Lipinski definition) is 7. The van der Waals surface area contributed by atoms with Crippen LogP contribution in [0.3, 0.4) is 0 Å². The second-order valence-electron chi connectivity index (χ2n) is 11.2. The second-order valence-corrected chi connectivity index (χ2v) is 16.2. The predicted octanol–water partition coefficient (Wildman–Crippen LogP) is 2.53. The number of aromatic amines is 1. The van der Waals surface area contributed by atoms with Crippen molar-refractivity contribution in [2.75, 3.05) is 18.8 Å². The number of aromatic nitrogens is 4. The first-order chi connectivity index (χ1) is 16.6. The molecule has 2 aromatic heterocycles. The second kappa shape index (κ2) is 9.72. The van der Waals surface area contributed by atoms with Gasteiger partial charge in [0.25, 0.3) is 0 Å². The zero-order valence-electron chi connectivity index (χ0n) is 21.9. The molecule has 202 valence electrons. The van der Waals surface area contributed by atoms with Crippen molar-refractivity contribution in [1.82, 2.24) is 28.6 Å². The van der Waals surface area contributed by atoms with Crippen LogP contribution in [0.4, 0.5) is 0 Å². The van der Waals surface area contributed by atoms with Crippen LogP contribution in [0, 0.1) is 5.92 Å². The van der Waals surface area contributed by atoms with Crippen molar-refractivity contribution in [3.8, 4) is 0 Å². The smallest absolute Gasteiger partial charge is 0.221 e. The van der Waals surface area contributed by atoms with Crippen LogP contribution in [0.2, 0.25) is 0 Å². The quantitative estimate of drug-likeness (QED) is 0.481. The van der Waals surface area contributed by atoms with Crippen LogP contribution in [-0.4, -0.2) is 69.0 Å². The Morgan fingerprint density at radius 2 is 1.64 bits per heavy atom. The van der Waals surface area contributed by atoms with E-state index < -0.39 is 24.8 Å². The minimum absolute atomic E-state index is 0.0233. The molecule has 0 unspecified atom stereocenters. The third kappa shape index (κ3) is 5.01. The van der Waals surface area contributed by atoms with E-state index in [-0.39, 0.29) is 37.2 Å². The average molecular weight is 559 g/mol. The fourth-order valence-corrected chi connectivity index (χ4v) is 8.77. The van der Waals surface area contributed by atoms with E-state index in [0.717, 1.165) is 28.2 Å². The number of fused-ring (bicyclic) bond motifs is 2. The first-order valence-corrected chi connectivity index (χ1v) is 15.9. The molecular weight excluding hydrogens is 520 g/mol. The third-order valence-corrected chi connectivity index (χ3v) is 12.1. The molecule has 0 bridgehead atoms. The summed E-state index contributed by atoms with van der Waals surface area (Å²) in [5.41, 5.74) is 4.51. The highest BCUT2D eigenvalue weighted by atomic mass is 32.2. The van der Waals surface area contributed by atoms with Crippen LogP contribution in [0.15, 0.2) is 5.03 Å². The minimum atomic E-state index is -3.72. The van der Waals surface area contributed by atoms with Gasteiger partial charge in [-0.05, 0) is 44.1 Å². The number of thiol groups is 1. The van der Waals surface area contributed by atoms with Crippen molar-refractivity contribution in [2.45, 2.75) is 89.7 Å². The van der Waals surface area contributed by atoms with Crippen LogP contribution < -0.4 is 0 Å². The van der Waals surface area contributed by atoms with Crippen molar-refractivity contribution in [1.29, 1.82) is 0 Å². The van der Waals surface area contributed by atoms with Crippen LogP contribution >= 0.6 is 12.6 Å². The molecule has 0 saturated heterocycles. The van der Waals surface area contributed by atoms with E-state index in [1.807, 2.05) is 13.8 Å². The number of H-pyrrole nitrogens is 1. The molecule has 0 spiro atoms. The van der Waals surface area contributed by atoms with Gasteiger partial charge in [0.05, 0.1) is 42.5 Å². The van der Waals surface area contributed by atoms with Gasteiger partial charge in [0.15, 0.2) is 0 Å². The largest absolute Gasteiger partial charge is 0.280 e. The molecule has 0 radical (unpaired) electrons. The Morgan fingerprint density at radius 3 is 2.28 bits per heavy atom. The van der Waals surface area contributed by atoms with Gasteiger partial charge in [-0.15, -0.1) is 12.6 Å². The molecular formula is C23H38N6O4S3. The number of hydrogen-bond donors (Lipinski definition) is 2. The lowest BCUT2D eigenvalue weighted by atomic mass is 9.99. The third-order valence-electron chi connectivity index (χ3n) is 7.06. The maximum Gasteiger partial charge on any atom is 0.221 e. The molecule has 1 N–H and O–H groups in total. The van der Waals surface area contributed by atoms with Gasteiger partial charge in [-0.1, -0.05) is 27.7 Å². The van der Waals surface area contributed by atoms with Crippen LogP contribution in [0.5, 0.6) is 0 Å². The SMILES string of the molecule is CC(C)CS(=O)(=O)N1CCc2c(C(C)C)nn(CC(C)(C)S(=O)(=O)N3CCc4c(S)n[nH]c4C3)c2C1. The lowest BCUT2D eigenvalue weighted by Crippen LogP contribution is -2.49. The highest BCUT2D eigenvalue weighted by Gasteiger charge is 2.43. The van der Waals surface area contributed by atoms with E-state index in [4.69, 9.17) is 5.10 Å². The molecule has 0 aliphatic carbocycles. The lowest BCUT2D eigenvalue weighted by Gasteiger charge is -2.35. The molecule has 36 heavy (non-hydrogen) atoms. The number of nitrogens with zero attached hydrogens (tertiary/aromatic N) is 5. The van der Waals surface area contributed by atoms with Crippen molar-refractivity contribution in [2.24, 2.45) is 5.92 Å². The van der Waals surface area contributed by atoms with Crippen LogP contribution in [0.25, 0.3) is 0 Å². The highest BCUT2D eigenvalue weighted by Crippen LogP contribution is 2.33. The summed E-state index contributed by atoms with van der Waals surface area (Å²) in [7, 11) is -7.14. The fraction of sp³-hybridized carbons (Fsp3) is 0.739. The summed E-state index contributed by atoms with van der Waals surface area (Å²) in [5.74, 6) is 0.261. The molecule has 2 aliphatic heterocycles. The summed E-state index contributed by atoms with van der Waals surface area (Å²) >= 11 is 4.35. The molecule has 10 nitrogen and oxygen atoms in total. The van der Waals surface area contributed by atoms with E-state index >= 15 is 0 Å². The van der Waals surface area contributed by atoms with Gasteiger partial charge >= 0.3 is 0 Å². The summed E-state index contributed by atoms with van der Waals surface area (Å²) in [6, 6.07) is 0. The zero-order chi connectivity index (χ0) is 26.6. The minimum Gasteiger partial charge on any atom is -0.280 e. The van der Waals surface area contributed by atoms with Gasteiger partial charge in [-0.25, -0.2) is 16.8 Å². The summed E-state index contributed by atoms with van der Waals surface area (Å²) in [6.07, 6.45) is 1.13. The summed E-state index contributed by atoms with van der Waals surface area (Å²) in [4.78, 5) is 0. The molecule has 0 fully saturated rings. The Bertz CT molecular complexity index is 1340. The molecule has 13 heteroatoms. The van der Waals surface area contributed by atoms with Gasteiger partial charge in [0.2, 0.25) is 20.0 Å². The Morgan fingerprint density at radius 1 is 1.00 bits per heavy atom. The van der Waals surface area contributed by atoms with E-state index in [1.165, 1.54) is 8.61 Å². The van der Waals surface area contributed by atoms with E-state index in [9.17, 15) is 16.8 Å². The maximum absolute atomic E-state index is 13.8. The maximum atomic E-state index is 13.8. The van der Waals surface area contributed by atoms with E-state index in [1.54, 1.807) is 18.5 Å². The zero-order valence-corrected chi connectivity index (χ0v) is 24.5. The van der Waals surface area contributed by atoms with Crippen molar-refractivity contribution >= 4 is 32.7 Å². The van der Waals surface area contributed by atoms with Gasteiger partial charge in [-0.3, -0.25) is 9.78 Å². The normalized spacial score (nSPS) is 18.1. The Hall–Kier alpha value is -1.41. The fourth-order valence-electron chi connectivity index (χ4n) is 5.12. The summed E-state index contributed by atoms with van der Waals surface area (Å²) in [5, 5.41) is 12.5. The van der Waals surface area contributed by atoms with Crippen molar-refractivity contribution in [3.63, 3.8) is 0 Å². The average Bonchev–Trinajstić information content (AvgIpc) is 3.32. The van der Waals surface area contributed by atoms with Gasteiger partial charge < -0.3 is 0 Å². The molecule has 2 aliphatic rings. The Kier molecular flexibility index (Phi) is 7.46. The highest BCUT2D eigenvalue weighted by molar-refractivity contribution is 7.90. The molecule has 0 saturated carbocycles.